The van der Waals surface area contributed by atoms with Gasteiger partial charge in [0.2, 0.25) is 0 Å². The van der Waals surface area contributed by atoms with Gasteiger partial charge in [0.05, 0.1) is 10.3 Å². The van der Waals surface area contributed by atoms with Crippen LogP contribution in [0.2, 0.25) is 0 Å². The highest BCUT2D eigenvalue weighted by Gasteiger charge is 2.34. The lowest BCUT2D eigenvalue weighted by Gasteiger charge is -2.33. The second-order valence-electron chi connectivity index (χ2n) is 6.02. The molecule has 4 rings (SSSR count). The fourth-order valence-corrected chi connectivity index (χ4v) is 3.63. The number of carbonyl (C=O) groups is 1. The van der Waals surface area contributed by atoms with E-state index in [0.29, 0.717) is 32.8 Å². The third-order valence-electron chi connectivity index (χ3n) is 4.23. The number of hydrazone groups is 1. The number of non-ortho nitro benzene ring substituents is 1. The summed E-state index contributed by atoms with van der Waals surface area (Å²) < 4.78 is 0. The highest BCUT2D eigenvalue weighted by Crippen LogP contribution is 2.32. The summed E-state index contributed by atoms with van der Waals surface area (Å²) in [5.41, 5.74) is 0.901. The van der Waals surface area contributed by atoms with E-state index in [2.05, 4.69) is 17.0 Å². The Bertz CT molecular complexity index is 1140. The van der Waals surface area contributed by atoms with Crippen molar-refractivity contribution in [3.05, 3.63) is 87.4 Å². The summed E-state index contributed by atoms with van der Waals surface area (Å²) in [5, 5.41) is 21.8. The van der Waals surface area contributed by atoms with E-state index in [4.69, 9.17) is 4.99 Å². The summed E-state index contributed by atoms with van der Waals surface area (Å²) in [6.45, 7) is 3.67. The van der Waals surface area contributed by atoms with Gasteiger partial charge in [-0.05, 0) is 6.07 Å². The third-order valence-corrected chi connectivity index (χ3v) is 5.09. The number of fused-ring (bicyclic) bond motifs is 2. The van der Waals surface area contributed by atoms with Crippen LogP contribution in [0.15, 0.2) is 71.3 Å². The lowest BCUT2D eigenvalue weighted by atomic mass is 10.1. The number of hydrogen-bond donors (Lipinski definition) is 1. The zero-order valence-electron chi connectivity index (χ0n) is 14.6. The summed E-state index contributed by atoms with van der Waals surface area (Å²) in [5.74, 6) is 0.289. The molecule has 1 atom stereocenters. The van der Waals surface area contributed by atoms with E-state index in [9.17, 15) is 14.9 Å². The monoisotopic (exact) mass is 393 g/mol. The van der Waals surface area contributed by atoms with Crippen molar-refractivity contribution in [3.8, 4) is 0 Å². The zero-order chi connectivity index (χ0) is 19.7. The van der Waals surface area contributed by atoms with Gasteiger partial charge in [0, 0.05) is 28.7 Å². The van der Waals surface area contributed by atoms with Gasteiger partial charge >= 0.3 is 0 Å². The van der Waals surface area contributed by atoms with Crippen molar-refractivity contribution in [3.63, 3.8) is 0 Å². The topological polar surface area (TPSA) is 100 Å². The van der Waals surface area contributed by atoms with Crippen molar-refractivity contribution in [1.29, 1.82) is 0 Å². The minimum absolute atomic E-state index is 0.0418. The Labute approximate surface area is 164 Å². The zero-order valence-corrected chi connectivity index (χ0v) is 15.4. The van der Waals surface area contributed by atoms with Crippen LogP contribution in [-0.4, -0.2) is 26.8 Å². The van der Waals surface area contributed by atoms with Gasteiger partial charge in [-0.3, -0.25) is 25.2 Å². The van der Waals surface area contributed by atoms with Gasteiger partial charge < -0.3 is 0 Å². The van der Waals surface area contributed by atoms with Gasteiger partial charge in [-0.25, -0.2) is 5.01 Å². The van der Waals surface area contributed by atoms with Crippen molar-refractivity contribution >= 4 is 34.2 Å². The molecule has 2 heterocycles. The molecule has 2 aliphatic heterocycles. The molecule has 8 nitrogen and oxygen atoms in total. The Balaban J connectivity index is 1.91. The number of nitrogens with one attached hydrogen (secondary N) is 1. The van der Waals surface area contributed by atoms with Gasteiger partial charge in [0.25, 0.3) is 11.6 Å². The van der Waals surface area contributed by atoms with E-state index < -0.39 is 11.1 Å². The number of benzene rings is 2. The first-order valence-electron chi connectivity index (χ1n) is 8.43. The molecule has 0 bridgehead atoms. The molecule has 0 aromatic heterocycles. The van der Waals surface area contributed by atoms with E-state index in [1.54, 1.807) is 18.2 Å². The molecule has 0 aliphatic carbocycles. The van der Waals surface area contributed by atoms with Crippen LogP contribution < -0.4 is 15.9 Å². The summed E-state index contributed by atoms with van der Waals surface area (Å²) in [6, 6.07) is 13.5. The molecule has 0 saturated heterocycles. The molecule has 0 unspecified atom stereocenters. The first kappa shape index (κ1) is 17.9. The van der Waals surface area contributed by atoms with Crippen LogP contribution in [0.1, 0.15) is 11.7 Å². The molecule has 28 heavy (non-hydrogen) atoms. The van der Waals surface area contributed by atoms with Crippen LogP contribution in [0.25, 0.3) is 5.70 Å². The second-order valence-corrected chi connectivity index (χ2v) is 7.03. The molecular weight excluding hydrogens is 378 g/mol. The highest BCUT2D eigenvalue weighted by atomic mass is 32.2. The highest BCUT2D eigenvalue weighted by molar-refractivity contribution is 8.14. The first-order chi connectivity index (χ1) is 13.6. The van der Waals surface area contributed by atoms with Crippen LogP contribution in [0, 0.1) is 10.1 Å². The molecule has 0 spiro atoms. The number of nitrogens with zero attached hydrogens (tertiary/aromatic N) is 4. The maximum absolute atomic E-state index is 12.9. The fraction of sp³-hybridized carbons (Fsp3) is 0.105. The second kappa shape index (κ2) is 7.28. The SMILES string of the molecule is C=CCSC1=NN2C(=c3ccccc3=N[C@H]2c2cccc([N+](=O)[O-])c2)C(=O)N1. The Morgan fingerprint density at radius 2 is 2.11 bits per heavy atom. The van der Waals surface area contributed by atoms with E-state index >= 15 is 0 Å². The molecule has 0 radical (unpaired) electrons. The number of carbonyl (C=O) groups excluding carboxylic acids is 1. The Hall–Kier alpha value is -3.46. The van der Waals surface area contributed by atoms with Gasteiger partial charge in [0.1, 0.15) is 5.70 Å². The molecule has 2 aliphatic rings. The van der Waals surface area contributed by atoms with Crippen molar-refractivity contribution in [2.24, 2.45) is 10.1 Å². The smallest absolute Gasteiger partial charge is 0.276 e. The average molecular weight is 393 g/mol. The van der Waals surface area contributed by atoms with Crippen LogP contribution in [0.5, 0.6) is 0 Å². The average Bonchev–Trinajstić information content (AvgIpc) is 2.71. The van der Waals surface area contributed by atoms with Gasteiger partial charge in [-0.1, -0.05) is 48.2 Å². The molecular formula is C19H15N5O3S. The largest absolute Gasteiger partial charge is 0.298 e. The number of thioether (sulfide) groups is 1. The summed E-state index contributed by atoms with van der Waals surface area (Å²) >= 11 is 1.34. The quantitative estimate of drug-likeness (QED) is 0.484. The predicted molar refractivity (Wildman–Crippen MR) is 107 cm³/mol. The number of amides is 1. The number of hydrogen-bond acceptors (Lipinski definition) is 7. The summed E-state index contributed by atoms with van der Waals surface area (Å²) in [6.07, 6.45) is 1.03. The number of nitro benzene ring substituents is 1. The Kier molecular flexibility index (Phi) is 4.66. The maximum Gasteiger partial charge on any atom is 0.276 e. The Morgan fingerprint density at radius 3 is 2.89 bits per heavy atom. The summed E-state index contributed by atoms with van der Waals surface area (Å²) in [4.78, 5) is 28.3. The van der Waals surface area contributed by atoms with Crippen LogP contribution >= 0.6 is 11.8 Å². The molecule has 9 heteroatoms. The molecule has 0 saturated carbocycles. The van der Waals surface area contributed by atoms with Crippen LogP contribution in [0.3, 0.4) is 0 Å². The van der Waals surface area contributed by atoms with E-state index in [1.807, 2.05) is 24.3 Å². The molecule has 2 aromatic rings. The fourth-order valence-electron chi connectivity index (χ4n) is 3.05. The minimum atomic E-state index is -0.685. The minimum Gasteiger partial charge on any atom is -0.298 e. The number of nitro groups is 1. The standard InChI is InChI=1S/C19H15N5O3S/c1-2-10-28-19-21-18(25)16-14-8-3-4-9-15(14)20-17(23(16)22-19)12-6-5-7-13(11-12)24(26)27/h2-9,11,17H,1,10H2,(H,21,22,25)/t17-/m1/s1. The van der Waals surface area contributed by atoms with E-state index in [-0.39, 0.29) is 11.6 Å². The van der Waals surface area contributed by atoms with Gasteiger partial charge in [-0.15, -0.1) is 11.7 Å². The third kappa shape index (κ3) is 3.16. The molecule has 2 aromatic carbocycles. The van der Waals surface area contributed by atoms with Gasteiger partial charge in [-0.2, -0.15) is 0 Å². The maximum atomic E-state index is 12.9. The molecule has 0 fully saturated rings. The first-order valence-corrected chi connectivity index (χ1v) is 9.41. The molecule has 1 N–H and O–H groups in total. The number of rotatable bonds is 4. The van der Waals surface area contributed by atoms with Crippen molar-refractivity contribution in [2.75, 3.05) is 5.75 Å². The van der Waals surface area contributed by atoms with E-state index in [1.165, 1.54) is 28.9 Å². The van der Waals surface area contributed by atoms with Crippen molar-refractivity contribution in [2.45, 2.75) is 6.17 Å². The van der Waals surface area contributed by atoms with Crippen molar-refractivity contribution < 1.29 is 9.72 Å². The molecule has 1 amide bonds. The van der Waals surface area contributed by atoms with Crippen LogP contribution in [0.4, 0.5) is 5.69 Å². The normalized spacial score (nSPS) is 17.6. The number of para-hydroxylation sites is 1. The molecule has 140 valence electrons. The van der Waals surface area contributed by atoms with Crippen LogP contribution in [-0.2, 0) is 4.79 Å². The lowest BCUT2D eigenvalue weighted by Crippen LogP contribution is -2.50. The van der Waals surface area contributed by atoms with E-state index in [0.717, 1.165) is 0 Å². The van der Waals surface area contributed by atoms with Crippen molar-refractivity contribution in [1.82, 2.24) is 10.3 Å². The van der Waals surface area contributed by atoms with Gasteiger partial charge in [0.15, 0.2) is 11.3 Å². The lowest BCUT2D eigenvalue weighted by molar-refractivity contribution is -0.384. The Morgan fingerprint density at radius 1 is 1.29 bits per heavy atom. The number of amidine groups is 1. The summed E-state index contributed by atoms with van der Waals surface area (Å²) in [7, 11) is 0. The predicted octanol–water partition coefficient (Wildman–Crippen LogP) is 1.66.